The average Bonchev–Trinajstić information content (AvgIpc) is 2.61. The molecule has 0 aliphatic heterocycles. The number of phenolic OH excluding ortho intramolecular Hbond substituents is 1. The molecule has 0 aromatic heterocycles. The predicted molar refractivity (Wildman–Crippen MR) is 88.8 cm³/mol. The maximum absolute atomic E-state index is 13.0. The molecule has 1 amide bonds. The molecule has 0 bridgehead atoms. The molecule has 2 rings (SSSR count). The van der Waals surface area contributed by atoms with E-state index in [0.717, 1.165) is 0 Å². The molecule has 0 spiro atoms. The van der Waals surface area contributed by atoms with Crippen molar-refractivity contribution in [3.63, 3.8) is 0 Å². The number of nitrogens with zero attached hydrogens (tertiary/aromatic N) is 1. The van der Waals surface area contributed by atoms with Crippen LogP contribution in [0.15, 0.2) is 41.5 Å². The lowest BCUT2D eigenvalue weighted by Crippen LogP contribution is -2.24. The number of amides is 1. The van der Waals surface area contributed by atoms with Crippen molar-refractivity contribution < 1.29 is 28.5 Å². The second-order valence-corrected chi connectivity index (χ2v) is 4.81. The van der Waals surface area contributed by atoms with E-state index in [4.69, 9.17) is 14.2 Å². The molecule has 2 aromatic carbocycles. The van der Waals surface area contributed by atoms with Gasteiger partial charge in [-0.15, -0.1) is 0 Å². The molecule has 0 atom stereocenters. The number of nitrogens with one attached hydrogen (secondary N) is 1. The minimum Gasteiger partial charge on any atom is -0.502 e. The molecule has 25 heavy (non-hydrogen) atoms. The van der Waals surface area contributed by atoms with E-state index >= 15 is 0 Å². The highest BCUT2D eigenvalue weighted by atomic mass is 19.1. The van der Waals surface area contributed by atoms with Crippen molar-refractivity contribution in [3.05, 3.63) is 47.8 Å². The Balaban J connectivity index is 1.93. The number of rotatable bonds is 7. The fraction of sp³-hybridized carbons (Fsp3) is 0.176. The maximum atomic E-state index is 13.0. The summed E-state index contributed by atoms with van der Waals surface area (Å²) in [5.41, 5.74) is 2.81. The van der Waals surface area contributed by atoms with E-state index in [1.807, 2.05) is 0 Å². The van der Waals surface area contributed by atoms with E-state index in [0.29, 0.717) is 5.56 Å². The van der Waals surface area contributed by atoms with Crippen LogP contribution in [-0.2, 0) is 4.79 Å². The summed E-state index contributed by atoms with van der Waals surface area (Å²) in [4.78, 5) is 11.7. The Morgan fingerprint density at radius 2 is 1.92 bits per heavy atom. The number of benzene rings is 2. The molecule has 0 unspecified atom stereocenters. The molecule has 2 aromatic rings. The van der Waals surface area contributed by atoms with Crippen LogP contribution in [0, 0.1) is 5.82 Å². The number of hydrogen-bond donors (Lipinski definition) is 2. The van der Waals surface area contributed by atoms with Crippen molar-refractivity contribution in [1.29, 1.82) is 0 Å². The number of halogens is 1. The summed E-state index contributed by atoms with van der Waals surface area (Å²) in [6.07, 6.45) is 1.35. The normalized spacial score (nSPS) is 10.5. The molecule has 0 saturated heterocycles. The van der Waals surface area contributed by atoms with Gasteiger partial charge in [-0.2, -0.15) is 5.10 Å². The Kier molecular flexibility index (Phi) is 6.16. The van der Waals surface area contributed by atoms with Gasteiger partial charge in [0.2, 0.25) is 5.75 Å². The third kappa shape index (κ3) is 5.10. The lowest BCUT2D eigenvalue weighted by molar-refractivity contribution is -0.123. The zero-order valence-electron chi connectivity index (χ0n) is 13.7. The van der Waals surface area contributed by atoms with Gasteiger partial charge in [-0.3, -0.25) is 4.79 Å². The number of carbonyl (C=O) groups excluding carboxylic acids is 1. The summed E-state index contributed by atoms with van der Waals surface area (Å²) in [6, 6.07) is 8.51. The van der Waals surface area contributed by atoms with Gasteiger partial charge in [0.05, 0.1) is 20.4 Å². The Labute approximate surface area is 143 Å². The van der Waals surface area contributed by atoms with Gasteiger partial charge in [0.15, 0.2) is 18.1 Å². The van der Waals surface area contributed by atoms with E-state index < -0.39 is 11.7 Å². The van der Waals surface area contributed by atoms with Crippen LogP contribution in [-0.4, -0.2) is 38.1 Å². The lowest BCUT2D eigenvalue weighted by Gasteiger charge is -2.09. The fourth-order valence-corrected chi connectivity index (χ4v) is 1.91. The number of aromatic hydroxyl groups is 1. The number of hydrogen-bond acceptors (Lipinski definition) is 6. The van der Waals surface area contributed by atoms with E-state index in [2.05, 4.69) is 10.5 Å². The fourth-order valence-electron chi connectivity index (χ4n) is 1.91. The SMILES string of the molecule is COc1cc(/C=N/NC(=O)COc2cccc(F)c2)cc(OC)c1O. The molecule has 0 heterocycles. The van der Waals surface area contributed by atoms with Gasteiger partial charge in [0.1, 0.15) is 11.6 Å². The van der Waals surface area contributed by atoms with E-state index in [1.165, 1.54) is 56.8 Å². The van der Waals surface area contributed by atoms with Crippen LogP contribution in [0.2, 0.25) is 0 Å². The smallest absolute Gasteiger partial charge is 0.277 e. The lowest BCUT2D eigenvalue weighted by atomic mass is 10.2. The van der Waals surface area contributed by atoms with E-state index in [-0.39, 0.29) is 29.6 Å². The first kappa shape index (κ1) is 18.1. The van der Waals surface area contributed by atoms with Crippen LogP contribution < -0.4 is 19.6 Å². The first-order valence-electron chi connectivity index (χ1n) is 7.18. The highest BCUT2D eigenvalue weighted by Gasteiger charge is 2.10. The molecular formula is C17H17FN2O5. The van der Waals surface area contributed by atoms with Crippen molar-refractivity contribution in [2.45, 2.75) is 0 Å². The number of phenols is 1. The average molecular weight is 348 g/mol. The topological polar surface area (TPSA) is 89.4 Å². The van der Waals surface area contributed by atoms with Crippen molar-refractivity contribution in [2.75, 3.05) is 20.8 Å². The molecule has 132 valence electrons. The number of methoxy groups -OCH3 is 2. The zero-order valence-corrected chi connectivity index (χ0v) is 13.7. The monoisotopic (exact) mass is 348 g/mol. The van der Waals surface area contributed by atoms with Crippen molar-refractivity contribution in [2.24, 2.45) is 5.10 Å². The number of ether oxygens (including phenoxy) is 3. The summed E-state index contributed by atoms with van der Waals surface area (Å²) in [6.45, 7) is -0.316. The van der Waals surface area contributed by atoms with Gasteiger partial charge in [-0.1, -0.05) is 6.07 Å². The first-order chi connectivity index (χ1) is 12.0. The zero-order chi connectivity index (χ0) is 18.2. The Morgan fingerprint density at radius 1 is 1.24 bits per heavy atom. The number of carbonyl (C=O) groups is 1. The van der Waals surface area contributed by atoms with Crippen LogP contribution >= 0.6 is 0 Å². The second kappa shape index (κ2) is 8.53. The van der Waals surface area contributed by atoms with Crippen LogP contribution in [0.3, 0.4) is 0 Å². The molecule has 0 aliphatic rings. The Morgan fingerprint density at radius 3 is 2.52 bits per heavy atom. The molecule has 0 fully saturated rings. The first-order valence-corrected chi connectivity index (χ1v) is 7.18. The largest absolute Gasteiger partial charge is 0.502 e. The summed E-state index contributed by atoms with van der Waals surface area (Å²) in [7, 11) is 2.81. The molecule has 2 N–H and O–H groups in total. The van der Waals surface area contributed by atoms with Gasteiger partial charge in [-0.25, -0.2) is 9.82 Å². The highest BCUT2D eigenvalue weighted by Crippen LogP contribution is 2.36. The molecular weight excluding hydrogens is 331 g/mol. The van der Waals surface area contributed by atoms with Gasteiger partial charge < -0.3 is 19.3 Å². The summed E-state index contributed by atoms with van der Waals surface area (Å²) >= 11 is 0. The minimum atomic E-state index is -0.516. The summed E-state index contributed by atoms with van der Waals surface area (Å²) in [5.74, 6) is -0.436. The summed E-state index contributed by atoms with van der Waals surface area (Å²) < 4.78 is 28.2. The van der Waals surface area contributed by atoms with Crippen LogP contribution in [0.5, 0.6) is 23.0 Å². The number of hydrazone groups is 1. The highest BCUT2D eigenvalue weighted by molar-refractivity contribution is 5.84. The van der Waals surface area contributed by atoms with Gasteiger partial charge in [0, 0.05) is 11.6 Å². The van der Waals surface area contributed by atoms with Crippen LogP contribution in [0.25, 0.3) is 0 Å². The molecule has 0 radical (unpaired) electrons. The van der Waals surface area contributed by atoms with Crippen molar-refractivity contribution in [3.8, 4) is 23.0 Å². The van der Waals surface area contributed by atoms with E-state index in [1.54, 1.807) is 0 Å². The Hall–Kier alpha value is -3.29. The third-order valence-electron chi connectivity index (χ3n) is 3.07. The third-order valence-corrected chi connectivity index (χ3v) is 3.07. The molecule has 8 heteroatoms. The Bertz CT molecular complexity index is 754. The van der Waals surface area contributed by atoms with Crippen molar-refractivity contribution in [1.82, 2.24) is 5.43 Å². The molecule has 0 aliphatic carbocycles. The maximum Gasteiger partial charge on any atom is 0.277 e. The quantitative estimate of drug-likeness (QED) is 0.591. The second-order valence-electron chi connectivity index (χ2n) is 4.81. The van der Waals surface area contributed by atoms with Crippen LogP contribution in [0.1, 0.15) is 5.56 Å². The summed E-state index contributed by atoms with van der Waals surface area (Å²) in [5, 5.41) is 13.6. The predicted octanol–water partition coefficient (Wildman–Crippen LogP) is 2.08. The standard InChI is InChI=1S/C17H17FN2O5/c1-23-14-6-11(7-15(24-2)17(14)22)9-19-20-16(21)10-25-13-5-3-4-12(18)8-13/h3-9,22H,10H2,1-2H3,(H,20,21)/b19-9+. The minimum absolute atomic E-state index is 0.130. The van der Waals surface area contributed by atoms with Gasteiger partial charge >= 0.3 is 0 Å². The van der Waals surface area contributed by atoms with E-state index in [9.17, 15) is 14.3 Å². The molecule has 7 nitrogen and oxygen atoms in total. The molecule has 0 saturated carbocycles. The van der Waals surface area contributed by atoms with Crippen LogP contribution in [0.4, 0.5) is 4.39 Å². The van der Waals surface area contributed by atoms with Gasteiger partial charge in [0.25, 0.3) is 5.91 Å². The van der Waals surface area contributed by atoms with Crippen molar-refractivity contribution >= 4 is 12.1 Å². The van der Waals surface area contributed by atoms with Gasteiger partial charge in [-0.05, 0) is 24.3 Å².